The van der Waals surface area contributed by atoms with Crippen molar-refractivity contribution in [2.75, 3.05) is 5.01 Å². The van der Waals surface area contributed by atoms with Crippen LogP contribution in [0.5, 0.6) is 0 Å². The number of aromatic nitrogens is 1. The van der Waals surface area contributed by atoms with Crippen LogP contribution in [0.25, 0.3) is 10.9 Å². The zero-order valence-corrected chi connectivity index (χ0v) is 19.2. The quantitative estimate of drug-likeness (QED) is 0.422. The molecule has 33 heavy (non-hydrogen) atoms. The molecule has 1 atom stereocenters. The standard InChI is InChI=1S/C26H27F2N3O2/c1-5-26(27,28)20-8-6-7-18(13-20)14-23(32)24-17(4)29-31(25(24)33)21-10-9-19-11-12-30(16(2)3)22(19)15-21/h6-13,15-16,24H,5,14H2,1-4H3. The molecule has 1 aliphatic heterocycles. The molecule has 1 aromatic heterocycles. The molecule has 0 saturated heterocycles. The molecule has 1 aliphatic rings. The average molecular weight is 452 g/mol. The van der Waals surface area contributed by atoms with Gasteiger partial charge in [-0.3, -0.25) is 9.59 Å². The lowest BCUT2D eigenvalue weighted by Crippen LogP contribution is -2.33. The number of Topliss-reactive ketones (excluding diaryl/α,β-unsaturated/α-hetero) is 1. The SMILES string of the molecule is CCC(F)(F)c1cccc(CC(=O)C2C(=O)N(c3ccc4ccn(C(C)C)c4c3)N=C2C)c1. The van der Waals surface area contributed by atoms with Gasteiger partial charge in [0.25, 0.3) is 11.8 Å². The summed E-state index contributed by atoms with van der Waals surface area (Å²) < 4.78 is 30.2. The van der Waals surface area contributed by atoms with Crippen molar-refractivity contribution in [3.8, 4) is 0 Å². The van der Waals surface area contributed by atoms with E-state index in [1.54, 1.807) is 13.0 Å². The van der Waals surface area contributed by atoms with Crippen LogP contribution in [0, 0.1) is 5.92 Å². The number of alkyl halides is 2. The second kappa shape index (κ2) is 8.54. The van der Waals surface area contributed by atoms with Gasteiger partial charge >= 0.3 is 0 Å². The van der Waals surface area contributed by atoms with E-state index in [0.29, 0.717) is 17.0 Å². The molecule has 1 unspecified atom stereocenters. The smallest absolute Gasteiger partial charge is 0.273 e. The van der Waals surface area contributed by atoms with Crippen molar-refractivity contribution in [1.29, 1.82) is 0 Å². The van der Waals surface area contributed by atoms with Gasteiger partial charge in [0, 0.05) is 30.6 Å². The molecule has 0 radical (unpaired) electrons. The van der Waals surface area contributed by atoms with Crippen molar-refractivity contribution >= 4 is 34.0 Å². The predicted octanol–water partition coefficient (Wildman–Crippen LogP) is 5.87. The van der Waals surface area contributed by atoms with Crippen LogP contribution < -0.4 is 5.01 Å². The highest BCUT2D eigenvalue weighted by Gasteiger charge is 2.39. The number of benzene rings is 2. The molecular weight excluding hydrogens is 424 g/mol. The summed E-state index contributed by atoms with van der Waals surface area (Å²) in [6.07, 6.45) is 1.57. The van der Waals surface area contributed by atoms with Crippen LogP contribution in [0.1, 0.15) is 51.3 Å². The normalized spacial score (nSPS) is 16.7. The van der Waals surface area contributed by atoms with Crippen LogP contribution in [-0.4, -0.2) is 22.0 Å². The fraction of sp³-hybridized carbons (Fsp3) is 0.346. The van der Waals surface area contributed by atoms with Crippen LogP contribution in [0.3, 0.4) is 0 Å². The van der Waals surface area contributed by atoms with Crippen molar-refractivity contribution in [2.24, 2.45) is 11.0 Å². The molecule has 3 aromatic rings. The highest BCUT2D eigenvalue weighted by atomic mass is 19.3. The summed E-state index contributed by atoms with van der Waals surface area (Å²) in [7, 11) is 0. The maximum atomic E-state index is 14.1. The summed E-state index contributed by atoms with van der Waals surface area (Å²) in [5.74, 6) is -4.75. The number of ketones is 1. The number of amides is 1. The molecule has 0 saturated carbocycles. The van der Waals surface area contributed by atoms with Crippen molar-refractivity contribution < 1.29 is 18.4 Å². The van der Waals surface area contributed by atoms with Gasteiger partial charge in [-0.1, -0.05) is 31.2 Å². The summed E-state index contributed by atoms with van der Waals surface area (Å²) in [6, 6.07) is 13.8. The Bertz CT molecular complexity index is 1260. The Balaban J connectivity index is 1.57. The third kappa shape index (κ3) is 4.19. The predicted molar refractivity (Wildman–Crippen MR) is 126 cm³/mol. The molecule has 0 aliphatic carbocycles. The fourth-order valence-corrected chi connectivity index (χ4v) is 4.26. The van der Waals surface area contributed by atoms with Gasteiger partial charge in [-0.25, -0.2) is 8.78 Å². The van der Waals surface area contributed by atoms with E-state index in [1.807, 2.05) is 30.5 Å². The van der Waals surface area contributed by atoms with E-state index in [4.69, 9.17) is 0 Å². The first kappa shape index (κ1) is 22.8. The molecule has 1 amide bonds. The summed E-state index contributed by atoms with van der Waals surface area (Å²) >= 11 is 0. The summed E-state index contributed by atoms with van der Waals surface area (Å²) in [6.45, 7) is 7.22. The van der Waals surface area contributed by atoms with Crippen LogP contribution in [0.2, 0.25) is 0 Å². The molecule has 2 heterocycles. The minimum atomic E-state index is -2.96. The highest BCUT2D eigenvalue weighted by molar-refractivity contribution is 6.27. The van der Waals surface area contributed by atoms with E-state index in [1.165, 1.54) is 30.1 Å². The Morgan fingerprint density at radius 2 is 1.91 bits per heavy atom. The molecule has 0 fully saturated rings. The first-order valence-corrected chi connectivity index (χ1v) is 11.1. The van der Waals surface area contributed by atoms with E-state index in [2.05, 4.69) is 23.5 Å². The van der Waals surface area contributed by atoms with Gasteiger partial charge in [0.2, 0.25) is 0 Å². The number of rotatable bonds is 7. The van der Waals surface area contributed by atoms with Crippen molar-refractivity contribution in [3.63, 3.8) is 0 Å². The number of carbonyl (C=O) groups is 2. The third-order valence-electron chi connectivity index (χ3n) is 6.13. The molecule has 7 heteroatoms. The van der Waals surface area contributed by atoms with Gasteiger partial charge in [0.1, 0.15) is 5.92 Å². The van der Waals surface area contributed by atoms with E-state index in [9.17, 15) is 18.4 Å². The third-order valence-corrected chi connectivity index (χ3v) is 6.13. The van der Waals surface area contributed by atoms with Gasteiger partial charge in [-0.2, -0.15) is 10.1 Å². The molecule has 2 aromatic carbocycles. The largest absolute Gasteiger partial charge is 0.345 e. The molecule has 0 bridgehead atoms. The van der Waals surface area contributed by atoms with E-state index >= 15 is 0 Å². The highest BCUT2D eigenvalue weighted by Crippen LogP contribution is 2.33. The van der Waals surface area contributed by atoms with Gasteiger partial charge in [0.15, 0.2) is 5.78 Å². The van der Waals surface area contributed by atoms with Crippen LogP contribution in [0.15, 0.2) is 59.8 Å². The number of nitrogens with zero attached hydrogens (tertiary/aromatic N) is 3. The lowest BCUT2D eigenvalue weighted by atomic mass is 9.92. The number of anilines is 1. The first-order chi connectivity index (χ1) is 15.6. The van der Waals surface area contributed by atoms with Crippen LogP contribution in [-0.2, 0) is 21.9 Å². The van der Waals surface area contributed by atoms with Crippen LogP contribution >= 0.6 is 0 Å². The van der Waals surface area contributed by atoms with Crippen molar-refractivity contribution in [1.82, 2.24) is 4.57 Å². The Labute approximate surface area is 191 Å². The number of carbonyl (C=O) groups excluding carboxylic acids is 2. The van der Waals surface area contributed by atoms with Gasteiger partial charge in [-0.05, 0) is 56.0 Å². The average Bonchev–Trinajstić information content (AvgIpc) is 3.33. The van der Waals surface area contributed by atoms with E-state index in [-0.39, 0.29) is 30.2 Å². The minimum absolute atomic E-state index is 0.111. The molecular formula is C26H27F2N3O2. The maximum Gasteiger partial charge on any atom is 0.273 e. The lowest BCUT2D eigenvalue weighted by molar-refractivity contribution is -0.128. The number of halogens is 2. The Morgan fingerprint density at radius 1 is 1.15 bits per heavy atom. The first-order valence-electron chi connectivity index (χ1n) is 11.1. The molecule has 5 nitrogen and oxygen atoms in total. The molecule has 0 spiro atoms. The number of hydrazone groups is 1. The summed E-state index contributed by atoms with van der Waals surface area (Å²) in [5, 5.41) is 6.70. The van der Waals surface area contributed by atoms with Gasteiger partial charge in [0.05, 0.1) is 16.9 Å². The number of hydrogen-bond acceptors (Lipinski definition) is 3. The summed E-state index contributed by atoms with van der Waals surface area (Å²) in [4.78, 5) is 26.2. The van der Waals surface area contributed by atoms with Gasteiger partial charge < -0.3 is 4.57 Å². The zero-order valence-electron chi connectivity index (χ0n) is 19.2. The maximum absolute atomic E-state index is 14.1. The Kier molecular flexibility index (Phi) is 5.91. The van der Waals surface area contributed by atoms with Crippen molar-refractivity contribution in [3.05, 3.63) is 65.9 Å². The van der Waals surface area contributed by atoms with E-state index < -0.39 is 17.7 Å². The monoisotopic (exact) mass is 451 g/mol. The van der Waals surface area contributed by atoms with Gasteiger partial charge in [-0.15, -0.1) is 0 Å². The molecule has 0 N–H and O–H groups in total. The summed E-state index contributed by atoms with van der Waals surface area (Å²) in [5.41, 5.74) is 2.31. The lowest BCUT2D eigenvalue weighted by Gasteiger charge is -2.17. The topological polar surface area (TPSA) is 54.7 Å². The molecule has 4 rings (SSSR count). The number of fused-ring (bicyclic) bond motifs is 1. The second-order valence-electron chi connectivity index (χ2n) is 8.79. The minimum Gasteiger partial charge on any atom is -0.345 e. The van der Waals surface area contributed by atoms with E-state index in [0.717, 1.165) is 10.9 Å². The second-order valence-corrected chi connectivity index (χ2v) is 8.79. The fourth-order valence-electron chi connectivity index (χ4n) is 4.26. The zero-order chi connectivity index (χ0) is 23.9. The molecule has 172 valence electrons. The van der Waals surface area contributed by atoms with Crippen LogP contribution in [0.4, 0.5) is 14.5 Å². The van der Waals surface area contributed by atoms with Crippen molar-refractivity contribution in [2.45, 2.75) is 52.5 Å². The number of hydrogen-bond donors (Lipinski definition) is 0. The Hall–Kier alpha value is -3.35. The Morgan fingerprint density at radius 3 is 2.61 bits per heavy atom.